The lowest BCUT2D eigenvalue weighted by Gasteiger charge is -2.21. The Labute approximate surface area is 178 Å². The van der Waals surface area contributed by atoms with Crippen molar-refractivity contribution in [3.63, 3.8) is 0 Å². The van der Waals surface area contributed by atoms with E-state index < -0.39 is 6.09 Å². The highest BCUT2D eigenvalue weighted by molar-refractivity contribution is 9.10. The van der Waals surface area contributed by atoms with E-state index in [-0.39, 0.29) is 12.4 Å². The number of carbonyl (C=O) groups excluding carboxylic acids is 2. The van der Waals surface area contributed by atoms with Crippen LogP contribution in [-0.2, 0) is 27.2 Å². The fourth-order valence-electron chi connectivity index (χ4n) is 2.68. The minimum absolute atomic E-state index is 0.121. The quantitative estimate of drug-likeness (QED) is 0.532. The van der Waals surface area contributed by atoms with Gasteiger partial charge in [-0.15, -0.1) is 0 Å². The molecule has 2 aromatic carbocycles. The van der Waals surface area contributed by atoms with Crippen LogP contribution >= 0.6 is 15.9 Å². The molecule has 0 unspecified atom stereocenters. The van der Waals surface area contributed by atoms with Gasteiger partial charge in [0.05, 0.1) is 34.3 Å². The SMILES string of the molecule is CCN(Cc1cc(Br)ccc1Oc1cc(CC(=O)OC)ccc1OC)C(=O)OC. The minimum atomic E-state index is -0.420. The third-order valence-electron chi connectivity index (χ3n) is 4.22. The summed E-state index contributed by atoms with van der Waals surface area (Å²) in [5, 5.41) is 0. The van der Waals surface area contributed by atoms with Crippen LogP contribution in [0.2, 0.25) is 0 Å². The zero-order valence-electron chi connectivity index (χ0n) is 16.9. The Bertz CT molecular complexity index is 870. The predicted octanol–water partition coefficient (Wildman–Crippen LogP) is 4.55. The van der Waals surface area contributed by atoms with Crippen LogP contribution < -0.4 is 9.47 Å². The van der Waals surface area contributed by atoms with Crippen LogP contribution in [0, 0.1) is 0 Å². The van der Waals surface area contributed by atoms with Gasteiger partial charge in [-0.05, 0) is 42.8 Å². The number of ether oxygens (including phenoxy) is 4. The van der Waals surface area contributed by atoms with Crippen molar-refractivity contribution in [3.05, 3.63) is 52.0 Å². The van der Waals surface area contributed by atoms with E-state index in [0.717, 1.165) is 15.6 Å². The Balaban J connectivity index is 2.37. The smallest absolute Gasteiger partial charge is 0.409 e. The summed E-state index contributed by atoms with van der Waals surface area (Å²) >= 11 is 3.46. The molecule has 0 atom stereocenters. The highest BCUT2D eigenvalue weighted by atomic mass is 79.9. The van der Waals surface area contributed by atoms with Crippen LogP contribution in [0.5, 0.6) is 17.2 Å². The van der Waals surface area contributed by atoms with Crippen molar-refractivity contribution in [2.24, 2.45) is 0 Å². The zero-order valence-corrected chi connectivity index (χ0v) is 18.4. The van der Waals surface area contributed by atoms with E-state index in [2.05, 4.69) is 15.9 Å². The minimum Gasteiger partial charge on any atom is -0.493 e. The van der Waals surface area contributed by atoms with Gasteiger partial charge in [-0.25, -0.2) is 4.79 Å². The van der Waals surface area contributed by atoms with Crippen LogP contribution in [0.15, 0.2) is 40.9 Å². The van der Waals surface area contributed by atoms with E-state index in [1.54, 1.807) is 36.3 Å². The maximum absolute atomic E-state index is 12.0. The van der Waals surface area contributed by atoms with Crippen LogP contribution in [0.1, 0.15) is 18.1 Å². The second-order valence-electron chi connectivity index (χ2n) is 6.08. The normalized spacial score (nSPS) is 10.2. The highest BCUT2D eigenvalue weighted by Crippen LogP contribution is 2.35. The van der Waals surface area contributed by atoms with Gasteiger partial charge >= 0.3 is 12.1 Å². The number of carbonyl (C=O) groups is 2. The molecule has 0 N–H and O–H groups in total. The van der Waals surface area contributed by atoms with Gasteiger partial charge in [0.15, 0.2) is 11.5 Å². The first-order chi connectivity index (χ1) is 13.9. The van der Waals surface area contributed by atoms with Crippen LogP contribution in [0.25, 0.3) is 0 Å². The second kappa shape index (κ2) is 10.7. The zero-order chi connectivity index (χ0) is 21.4. The maximum atomic E-state index is 12.0. The summed E-state index contributed by atoms with van der Waals surface area (Å²) in [5.41, 5.74) is 1.52. The molecule has 8 heteroatoms. The average molecular weight is 466 g/mol. The molecule has 0 aliphatic carbocycles. The van der Waals surface area contributed by atoms with E-state index in [1.165, 1.54) is 14.2 Å². The number of methoxy groups -OCH3 is 3. The fourth-order valence-corrected chi connectivity index (χ4v) is 3.09. The van der Waals surface area contributed by atoms with Gasteiger partial charge in [-0.1, -0.05) is 22.0 Å². The molecule has 0 bridgehead atoms. The third kappa shape index (κ3) is 6.12. The maximum Gasteiger partial charge on any atom is 0.409 e. The van der Waals surface area contributed by atoms with Gasteiger partial charge in [-0.3, -0.25) is 4.79 Å². The van der Waals surface area contributed by atoms with E-state index >= 15 is 0 Å². The Morgan fingerprint density at radius 2 is 1.69 bits per heavy atom. The van der Waals surface area contributed by atoms with Crippen molar-refractivity contribution >= 4 is 28.0 Å². The van der Waals surface area contributed by atoms with Gasteiger partial charge in [0.1, 0.15) is 5.75 Å². The van der Waals surface area contributed by atoms with Crippen molar-refractivity contribution in [3.8, 4) is 17.2 Å². The average Bonchev–Trinajstić information content (AvgIpc) is 2.73. The molecule has 2 aromatic rings. The van der Waals surface area contributed by atoms with Gasteiger partial charge in [0.25, 0.3) is 0 Å². The molecule has 0 spiro atoms. The molecule has 0 fully saturated rings. The van der Waals surface area contributed by atoms with Crippen LogP contribution in [-0.4, -0.2) is 44.8 Å². The number of rotatable bonds is 8. The molecular weight excluding hydrogens is 442 g/mol. The number of amides is 1. The van der Waals surface area contributed by atoms with Crippen molar-refractivity contribution in [2.45, 2.75) is 19.9 Å². The summed E-state index contributed by atoms with van der Waals surface area (Å²) in [6.45, 7) is 2.66. The highest BCUT2D eigenvalue weighted by Gasteiger charge is 2.17. The largest absolute Gasteiger partial charge is 0.493 e. The molecule has 7 nitrogen and oxygen atoms in total. The van der Waals surface area contributed by atoms with E-state index in [0.29, 0.717) is 30.3 Å². The third-order valence-corrected chi connectivity index (χ3v) is 4.72. The van der Waals surface area contributed by atoms with Crippen molar-refractivity contribution in [2.75, 3.05) is 27.9 Å². The summed E-state index contributed by atoms with van der Waals surface area (Å²) in [6.07, 6.45) is -0.299. The van der Waals surface area contributed by atoms with Crippen molar-refractivity contribution in [1.29, 1.82) is 0 Å². The summed E-state index contributed by atoms with van der Waals surface area (Å²) in [7, 11) is 4.24. The number of nitrogens with zero attached hydrogens (tertiary/aromatic N) is 1. The number of hydrogen-bond acceptors (Lipinski definition) is 6. The Morgan fingerprint density at radius 1 is 0.966 bits per heavy atom. The Hall–Kier alpha value is -2.74. The summed E-state index contributed by atoms with van der Waals surface area (Å²) in [4.78, 5) is 25.1. The van der Waals surface area contributed by atoms with Crippen molar-refractivity contribution in [1.82, 2.24) is 4.90 Å². The van der Waals surface area contributed by atoms with E-state index in [4.69, 9.17) is 18.9 Å². The Kier molecular flexibility index (Phi) is 8.33. The van der Waals surface area contributed by atoms with Crippen molar-refractivity contribution < 1.29 is 28.5 Å². The summed E-state index contributed by atoms with van der Waals surface area (Å²) in [5.74, 6) is 1.19. The molecule has 0 aliphatic heterocycles. The van der Waals surface area contributed by atoms with E-state index in [9.17, 15) is 9.59 Å². The fraction of sp³-hybridized carbons (Fsp3) is 0.333. The molecule has 156 valence electrons. The standard InChI is InChI=1S/C21H24BrNO6/c1-5-23(21(25)28-4)13-15-12-16(22)7-9-17(15)29-19-10-14(11-20(24)27-3)6-8-18(19)26-2/h6-10,12H,5,11,13H2,1-4H3. The molecule has 0 aromatic heterocycles. The molecule has 2 rings (SSSR count). The van der Waals surface area contributed by atoms with Gasteiger partial charge < -0.3 is 23.8 Å². The lowest BCUT2D eigenvalue weighted by Crippen LogP contribution is -2.30. The van der Waals surface area contributed by atoms with E-state index in [1.807, 2.05) is 19.1 Å². The molecular formula is C21H24BrNO6. The van der Waals surface area contributed by atoms with Gasteiger partial charge in [0.2, 0.25) is 0 Å². The van der Waals surface area contributed by atoms with Gasteiger partial charge in [0, 0.05) is 16.6 Å². The first kappa shape index (κ1) is 22.5. The molecule has 1 amide bonds. The Morgan fingerprint density at radius 3 is 2.31 bits per heavy atom. The summed E-state index contributed by atoms with van der Waals surface area (Å²) in [6, 6.07) is 10.8. The molecule has 0 heterocycles. The number of benzene rings is 2. The molecule has 0 aliphatic rings. The number of esters is 1. The van der Waals surface area contributed by atoms with Crippen LogP contribution in [0.3, 0.4) is 0 Å². The number of hydrogen-bond donors (Lipinski definition) is 0. The monoisotopic (exact) mass is 465 g/mol. The predicted molar refractivity (Wildman–Crippen MR) is 111 cm³/mol. The lowest BCUT2D eigenvalue weighted by molar-refractivity contribution is -0.139. The molecule has 0 saturated carbocycles. The summed E-state index contributed by atoms with van der Waals surface area (Å²) < 4.78 is 21.9. The topological polar surface area (TPSA) is 74.3 Å². The molecule has 0 radical (unpaired) electrons. The lowest BCUT2D eigenvalue weighted by atomic mass is 10.1. The second-order valence-corrected chi connectivity index (χ2v) is 6.99. The first-order valence-corrected chi connectivity index (χ1v) is 9.74. The number of halogens is 1. The van der Waals surface area contributed by atoms with Crippen LogP contribution in [0.4, 0.5) is 4.79 Å². The molecule has 29 heavy (non-hydrogen) atoms. The van der Waals surface area contributed by atoms with Gasteiger partial charge in [-0.2, -0.15) is 0 Å². The first-order valence-electron chi connectivity index (χ1n) is 8.94. The molecule has 0 saturated heterocycles.